The highest BCUT2D eigenvalue weighted by Crippen LogP contribution is 2.29. The molecular formula is C15H24N2. The van der Waals surface area contributed by atoms with Crippen molar-refractivity contribution in [3.05, 3.63) is 29.8 Å². The van der Waals surface area contributed by atoms with E-state index in [1.54, 1.807) is 0 Å². The summed E-state index contributed by atoms with van der Waals surface area (Å²) in [6, 6.07) is 8.80. The quantitative estimate of drug-likeness (QED) is 0.866. The molecule has 17 heavy (non-hydrogen) atoms. The lowest BCUT2D eigenvalue weighted by molar-refractivity contribution is 0.437. The van der Waals surface area contributed by atoms with Gasteiger partial charge in [-0.3, -0.25) is 0 Å². The van der Waals surface area contributed by atoms with Crippen LogP contribution in [0, 0.1) is 5.92 Å². The minimum Gasteiger partial charge on any atom is -0.371 e. The maximum atomic E-state index is 6.20. The largest absolute Gasteiger partial charge is 0.371 e. The number of piperidine rings is 1. The van der Waals surface area contributed by atoms with Gasteiger partial charge in [0.15, 0.2) is 0 Å². The van der Waals surface area contributed by atoms with E-state index in [0.717, 1.165) is 12.3 Å². The first-order valence-corrected chi connectivity index (χ1v) is 6.81. The van der Waals surface area contributed by atoms with Crippen molar-refractivity contribution in [2.24, 2.45) is 11.7 Å². The number of anilines is 1. The highest BCUT2D eigenvalue weighted by atomic mass is 15.1. The maximum absolute atomic E-state index is 6.20. The van der Waals surface area contributed by atoms with Crippen molar-refractivity contribution >= 4 is 5.69 Å². The number of benzene rings is 1. The number of para-hydroxylation sites is 1. The van der Waals surface area contributed by atoms with E-state index < -0.39 is 0 Å². The summed E-state index contributed by atoms with van der Waals surface area (Å²) in [6.07, 6.45) is 3.60. The van der Waals surface area contributed by atoms with Gasteiger partial charge in [0.2, 0.25) is 0 Å². The molecule has 0 spiro atoms. The molecular weight excluding hydrogens is 208 g/mol. The smallest absolute Gasteiger partial charge is 0.0414 e. The molecule has 0 bridgehead atoms. The fourth-order valence-corrected chi connectivity index (χ4v) is 2.56. The summed E-state index contributed by atoms with van der Waals surface area (Å²) < 4.78 is 0. The van der Waals surface area contributed by atoms with Crippen LogP contribution in [-0.2, 0) is 0 Å². The maximum Gasteiger partial charge on any atom is 0.0414 e. The molecule has 2 rings (SSSR count). The number of hydrogen-bond donors (Lipinski definition) is 1. The zero-order valence-electron chi connectivity index (χ0n) is 11.0. The summed E-state index contributed by atoms with van der Waals surface area (Å²) in [7, 11) is 0. The normalized spacial score (nSPS) is 19.4. The van der Waals surface area contributed by atoms with E-state index in [1.807, 2.05) is 0 Å². The van der Waals surface area contributed by atoms with Gasteiger partial charge in [0.25, 0.3) is 0 Å². The average molecular weight is 232 g/mol. The molecule has 1 heterocycles. The SMILES string of the molecule is CCC(N)c1ccccc1N1CCC(C)CC1. The lowest BCUT2D eigenvalue weighted by Crippen LogP contribution is -2.34. The van der Waals surface area contributed by atoms with Gasteiger partial charge in [-0.2, -0.15) is 0 Å². The first kappa shape index (κ1) is 12.4. The van der Waals surface area contributed by atoms with Gasteiger partial charge in [-0.15, -0.1) is 0 Å². The molecule has 0 aromatic heterocycles. The summed E-state index contributed by atoms with van der Waals surface area (Å²) in [5.41, 5.74) is 8.87. The fraction of sp³-hybridized carbons (Fsp3) is 0.600. The molecule has 1 aliphatic rings. The van der Waals surface area contributed by atoms with E-state index in [0.29, 0.717) is 0 Å². The van der Waals surface area contributed by atoms with E-state index in [1.165, 1.54) is 37.2 Å². The summed E-state index contributed by atoms with van der Waals surface area (Å²) >= 11 is 0. The van der Waals surface area contributed by atoms with Crippen LogP contribution in [0.3, 0.4) is 0 Å². The zero-order valence-corrected chi connectivity index (χ0v) is 11.0. The van der Waals surface area contributed by atoms with Crippen molar-refractivity contribution in [3.63, 3.8) is 0 Å². The second-order valence-electron chi connectivity index (χ2n) is 5.24. The molecule has 0 amide bonds. The van der Waals surface area contributed by atoms with Gasteiger partial charge in [0.1, 0.15) is 0 Å². The van der Waals surface area contributed by atoms with Gasteiger partial charge < -0.3 is 10.6 Å². The summed E-state index contributed by atoms with van der Waals surface area (Å²) in [5.74, 6) is 0.873. The van der Waals surface area contributed by atoms with Crippen LogP contribution in [0.5, 0.6) is 0 Å². The van der Waals surface area contributed by atoms with Gasteiger partial charge in [-0.1, -0.05) is 32.0 Å². The lowest BCUT2D eigenvalue weighted by Gasteiger charge is -2.34. The van der Waals surface area contributed by atoms with Crippen LogP contribution in [-0.4, -0.2) is 13.1 Å². The van der Waals surface area contributed by atoms with Crippen LogP contribution < -0.4 is 10.6 Å². The lowest BCUT2D eigenvalue weighted by atomic mass is 9.96. The highest BCUT2D eigenvalue weighted by molar-refractivity contribution is 5.55. The first-order valence-electron chi connectivity index (χ1n) is 6.81. The van der Waals surface area contributed by atoms with Crippen molar-refractivity contribution in [1.29, 1.82) is 0 Å². The number of rotatable bonds is 3. The molecule has 94 valence electrons. The molecule has 1 aromatic carbocycles. The van der Waals surface area contributed by atoms with E-state index in [4.69, 9.17) is 5.73 Å². The van der Waals surface area contributed by atoms with Gasteiger partial charge in [-0.05, 0) is 36.8 Å². The van der Waals surface area contributed by atoms with Crippen molar-refractivity contribution in [3.8, 4) is 0 Å². The van der Waals surface area contributed by atoms with E-state index in [2.05, 4.69) is 43.0 Å². The predicted octanol–water partition coefficient (Wildman–Crippen LogP) is 3.33. The Morgan fingerprint density at radius 2 is 1.94 bits per heavy atom. The Morgan fingerprint density at radius 1 is 1.29 bits per heavy atom. The summed E-state index contributed by atoms with van der Waals surface area (Å²) in [5, 5.41) is 0. The Hall–Kier alpha value is -1.02. The predicted molar refractivity (Wildman–Crippen MR) is 74.3 cm³/mol. The van der Waals surface area contributed by atoms with Crippen LogP contribution in [0.2, 0.25) is 0 Å². The Kier molecular flexibility index (Phi) is 4.06. The van der Waals surface area contributed by atoms with Crippen molar-refractivity contribution in [2.75, 3.05) is 18.0 Å². The Bertz CT molecular complexity index is 354. The van der Waals surface area contributed by atoms with Gasteiger partial charge in [0.05, 0.1) is 0 Å². The molecule has 1 fully saturated rings. The van der Waals surface area contributed by atoms with Crippen LogP contribution >= 0.6 is 0 Å². The van der Waals surface area contributed by atoms with Gasteiger partial charge in [0, 0.05) is 24.8 Å². The third kappa shape index (κ3) is 2.81. The van der Waals surface area contributed by atoms with Crippen molar-refractivity contribution < 1.29 is 0 Å². The topological polar surface area (TPSA) is 29.3 Å². The average Bonchev–Trinajstić information content (AvgIpc) is 2.39. The second-order valence-corrected chi connectivity index (χ2v) is 5.24. The molecule has 2 heteroatoms. The molecule has 2 N–H and O–H groups in total. The molecule has 2 nitrogen and oxygen atoms in total. The molecule has 1 aromatic rings. The highest BCUT2D eigenvalue weighted by Gasteiger charge is 2.19. The standard InChI is InChI=1S/C15H24N2/c1-3-14(16)13-6-4-5-7-15(13)17-10-8-12(2)9-11-17/h4-7,12,14H,3,8-11,16H2,1-2H3. The number of nitrogens with zero attached hydrogens (tertiary/aromatic N) is 1. The van der Waals surface area contributed by atoms with Crippen LogP contribution in [0.15, 0.2) is 24.3 Å². The van der Waals surface area contributed by atoms with Gasteiger partial charge in [-0.25, -0.2) is 0 Å². The first-order chi connectivity index (χ1) is 8.22. The molecule has 1 saturated heterocycles. The third-order valence-electron chi connectivity index (χ3n) is 3.90. The monoisotopic (exact) mass is 232 g/mol. The minimum absolute atomic E-state index is 0.172. The number of nitrogens with two attached hydrogens (primary N) is 1. The third-order valence-corrected chi connectivity index (χ3v) is 3.90. The van der Waals surface area contributed by atoms with E-state index in [-0.39, 0.29) is 6.04 Å². The molecule has 1 aliphatic heterocycles. The Morgan fingerprint density at radius 3 is 2.59 bits per heavy atom. The van der Waals surface area contributed by atoms with Crippen LogP contribution in [0.1, 0.15) is 44.7 Å². The summed E-state index contributed by atoms with van der Waals surface area (Å²) in [6.45, 7) is 6.85. The molecule has 0 radical (unpaired) electrons. The van der Waals surface area contributed by atoms with Gasteiger partial charge >= 0.3 is 0 Å². The fourth-order valence-electron chi connectivity index (χ4n) is 2.56. The second kappa shape index (κ2) is 5.54. The zero-order chi connectivity index (χ0) is 12.3. The van der Waals surface area contributed by atoms with E-state index >= 15 is 0 Å². The van der Waals surface area contributed by atoms with E-state index in [9.17, 15) is 0 Å². The minimum atomic E-state index is 0.172. The molecule has 0 saturated carbocycles. The van der Waals surface area contributed by atoms with Crippen molar-refractivity contribution in [2.45, 2.75) is 39.2 Å². The molecule has 1 atom stereocenters. The van der Waals surface area contributed by atoms with Crippen LogP contribution in [0.4, 0.5) is 5.69 Å². The number of hydrogen-bond acceptors (Lipinski definition) is 2. The van der Waals surface area contributed by atoms with Crippen molar-refractivity contribution in [1.82, 2.24) is 0 Å². The Balaban J connectivity index is 2.19. The molecule has 1 unspecified atom stereocenters. The summed E-state index contributed by atoms with van der Waals surface area (Å²) in [4.78, 5) is 2.50. The van der Waals surface area contributed by atoms with Crippen LogP contribution in [0.25, 0.3) is 0 Å². The molecule has 0 aliphatic carbocycles. The Labute approximate surface area is 105 Å².